The molecule has 8 heteroatoms. The second-order valence-electron chi connectivity index (χ2n) is 4.26. The average molecular weight is 285 g/mol. The molecule has 0 unspecified atom stereocenters. The average Bonchev–Trinajstić information content (AvgIpc) is 2.96. The van der Waals surface area contributed by atoms with E-state index in [4.69, 9.17) is 4.42 Å². The standard InChI is InChI=1S/C11H12N4O3.ClH/c16-15(17)8-1-2-10-9(5-8)14-11(18-10)13-7-3-4-12-6-7;/h1-2,5,7,12H,3-4,6H2,(H,13,14);1H/t7-;/m0./s1. The second kappa shape index (κ2) is 5.41. The Morgan fingerprint density at radius 3 is 3.05 bits per heavy atom. The number of aromatic nitrogens is 1. The van der Waals surface area contributed by atoms with Crippen molar-refractivity contribution in [1.29, 1.82) is 0 Å². The summed E-state index contributed by atoms with van der Waals surface area (Å²) in [6.07, 6.45) is 1.01. The highest BCUT2D eigenvalue weighted by Gasteiger charge is 2.17. The Morgan fingerprint density at radius 1 is 1.53 bits per heavy atom. The number of oxazole rings is 1. The number of nitro groups is 1. The van der Waals surface area contributed by atoms with E-state index in [1.807, 2.05) is 0 Å². The van der Waals surface area contributed by atoms with E-state index < -0.39 is 4.92 Å². The molecule has 19 heavy (non-hydrogen) atoms. The van der Waals surface area contributed by atoms with Gasteiger partial charge in [0.15, 0.2) is 5.58 Å². The first-order valence-corrected chi connectivity index (χ1v) is 5.74. The van der Waals surface area contributed by atoms with E-state index in [0.29, 0.717) is 23.2 Å². The quantitative estimate of drug-likeness (QED) is 0.661. The molecule has 1 aromatic heterocycles. The molecular weight excluding hydrogens is 272 g/mol. The summed E-state index contributed by atoms with van der Waals surface area (Å²) in [7, 11) is 0. The summed E-state index contributed by atoms with van der Waals surface area (Å²) in [5.74, 6) is 0. The second-order valence-corrected chi connectivity index (χ2v) is 4.26. The van der Waals surface area contributed by atoms with Crippen LogP contribution in [0.25, 0.3) is 11.1 Å². The first-order chi connectivity index (χ1) is 8.72. The lowest BCUT2D eigenvalue weighted by Gasteiger charge is -2.07. The monoisotopic (exact) mass is 284 g/mol. The van der Waals surface area contributed by atoms with Gasteiger partial charge in [0.2, 0.25) is 0 Å². The van der Waals surface area contributed by atoms with Crippen molar-refractivity contribution in [1.82, 2.24) is 10.3 Å². The van der Waals surface area contributed by atoms with Crippen LogP contribution in [0, 0.1) is 10.1 Å². The summed E-state index contributed by atoms with van der Waals surface area (Å²) in [6, 6.07) is 5.11. The highest BCUT2D eigenvalue weighted by Crippen LogP contribution is 2.24. The van der Waals surface area contributed by atoms with Crippen LogP contribution in [0.2, 0.25) is 0 Å². The van der Waals surface area contributed by atoms with Gasteiger partial charge in [-0.3, -0.25) is 10.1 Å². The fourth-order valence-corrected chi connectivity index (χ4v) is 2.04. The van der Waals surface area contributed by atoms with Gasteiger partial charge in [0.1, 0.15) is 5.52 Å². The molecule has 1 aliphatic heterocycles. The number of nitrogens with one attached hydrogen (secondary N) is 2. The summed E-state index contributed by atoms with van der Waals surface area (Å²) in [6.45, 7) is 1.85. The van der Waals surface area contributed by atoms with Crippen LogP contribution in [0.5, 0.6) is 0 Å². The Morgan fingerprint density at radius 2 is 2.37 bits per heavy atom. The van der Waals surface area contributed by atoms with E-state index in [9.17, 15) is 10.1 Å². The number of rotatable bonds is 3. The van der Waals surface area contributed by atoms with Gasteiger partial charge in [-0.2, -0.15) is 4.98 Å². The van der Waals surface area contributed by atoms with Gasteiger partial charge in [-0.15, -0.1) is 12.4 Å². The summed E-state index contributed by atoms with van der Waals surface area (Å²) >= 11 is 0. The summed E-state index contributed by atoms with van der Waals surface area (Å²) in [5, 5.41) is 17.1. The predicted molar refractivity (Wildman–Crippen MR) is 72.8 cm³/mol. The molecule has 1 saturated heterocycles. The number of non-ortho nitro benzene ring substituents is 1. The lowest BCUT2D eigenvalue weighted by atomic mass is 10.3. The van der Waals surface area contributed by atoms with Crippen molar-refractivity contribution < 1.29 is 9.34 Å². The van der Waals surface area contributed by atoms with Crippen LogP contribution in [0.3, 0.4) is 0 Å². The number of nitrogens with zero attached hydrogens (tertiary/aromatic N) is 2. The highest BCUT2D eigenvalue weighted by molar-refractivity contribution is 5.85. The molecule has 1 aromatic carbocycles. The largest absolute Gasteiger partial charge is 0.424 e. The topological polar surface area (TPSA) is 93.2 Å². The maximum absolute atomic E-state index is 10.7. The van der Waals surface area contributed by atoms with Crippen LogP contribution in [-0.4, -0.2) is 29.0 Å². The number of hydrogen-bond donors (Lipinski definition) is 2. The van der Waals surface area contributed by atoms with Crippen molar-refractivity contribution in [3.05, 3.63) is 28.3 Å². The lowest BCUT2D eigenvalue weighted by Crippen LogP contribution is -2.22. The number of anilines is 1. The Kier molecular flexibility index (Phi) is 3.87. The van der Waals surface area contributed by atoms with Gasteiger partial charge in [0, 0.05) is 24.7 Å². The van der Waals surface area contributed by atoms with Crippen molar-refractivity contribution in [2.75, 3.05) is 18.4 Å². The highest BCUT2D eigenvalue weighted by atomic mass is 35.5. The number of hydrogen-bond acceptors (Lipinski definition) is 6. The fourth-order valence-electron chi connectivity index (χ4n) is 2.04. The van der Waals surface area contributed by atoms with Crippen molar-refractivity contribution in [3.8, 4) is 0 Å². The molecule has 102 valence electrons. The zero-order chi connectivity index (χ0) is 12.5. The minimum Gasteiger partial charge on any atom is -0.424 e. The summed E-state index contributed by atoms with van der Waals surface area (Å²) in [4.78, 5) is 14.4. The third-order valence-corrected chi connectivity index (χ3v) is 2.97. The SMILES string of the molecule is Cl.O=[N+]([O-])c1ccc2oc(N[C@H]3CCNC3)nc2c1. The number of fused-ring (bicyclic) bond motifs is 1. The van der Waals surface area contributed by atoms with Crippen LogP contribution in [0.4, 0.5) is 11.7 Å². The van der Waals surface area contributed by atoms with Crippen molar-refractivity contribution >= 4 is 35.2 Å². The molecule has 3 rings (SSSR count). The molecule has 2 heterocycles. The van der Waals surface area contributed by atoms with E-state index in [-0.39, 0.29) is 18.1 Å². The van der Waals surface area contributed by atoms with Gasteiger partial charge in [0.25, 0.3) is 11.7 Å². The van der Waals surface area contributed by atoms with Gasteiger partial charge in [-0.05, 0) is 19.0 Å². The minimum absolute atomic E-state index is 0. The molecular formula is C11H13ClN4O3. The van der Waals surface area contributed by atoms with Gasteiger partial charge in [-0.25, -0.2) is 0 Å². The molecule has 2 aromatic rings. The van der Waals surface area contributed by atoms with Crippen molar-refractivity contribution in [2.45, 2.75) is 12.5 Å². The predicted octanol–water partition coefficient (Wildman–Crippen LogP) is 1.93. The van der Waals surface area contributed by atoms with E-state index in [1.54, 1.807) is 6.07 Å². The Hall–Kier alpha value is -1.86. The molecule has 0 spiro atoms. The zero-order valence-corrected chi connectivity index (χ0v) is 10.8. The summed E-state index contributed by atoms with van der Waals surface area (Å²) in [5.41, 5.74) is 1.07. The van der Waals surface area contributed by atoms with Crippen LogP contribution in [0.15, 0.2) is 22.6 Å². The Bertz CT molecular complexity index is 595. The van der Waals surface area contributed by atoms with Crippen molar-refractivity contribution in [3.63, 3.8) is 0 Å². The molecule has 0 aliphatic carbocycles. The van der Waals surface area contributed by atoms with Crippen LogP contribution >= 0.6 is 12.4 Å². The maximum atomic E-state index is 10.7. The van der Waals surface area contributed by atoms with E-state index in [0.717, 1.165) is 19.5 Å². The molecule has 0 radical (unpaired) electrons. The number of halogens is 1. The lowest BCUT2D eigenvalue weighted by molar-refractivity contribution is -0.384. The number of nitro benzene ring substituents is 1. The normalized spacial score (nSPS) is 18.2. The Labute approximate surface area is 114 Å². The molecule has 2 N–H and O–H groups in total. The van der Waals surface area contributed by atoms with E-state index in [1.165, 1.54) is 12.1 Å². The third-order valence-electron chi connectivity index (χ3n) is 2.97. The fraction of sp³-hybridized carbons (Fsp3) is 0.364. The van der Waals surface area contributed by atoms with Gasteiger partial charge in [0.05, 0.1) is 4.92 Å². The van der Waals surface area contributed by atoms with Gasteiger partial charge in [-0.1, -0.05) is 0 Å². The minimum atomic E-state index is -0.442. The van der Waals surface area contributed by atoms with Crippen LogP contribution in [0.1, 0.15) is 6.42 Å². The van der Waals surface area contributed by atoms with Gasteiger partial charge >= 0.3 is 0 Å². The van der Waals surface area contributed by atoms with Crippen LogP contribution < -0.4 is 10.6 Å². The molecule has 1 atom stereocenters. The molecule has 1 fully saturated rings. The first-order valence-electron chi connectivity index (χ1n) is 5.74. The first kappa shape index (κ1) is 13.6. The van der Waals surface area contributed by atoms with Crippen molar-refractivity contribution in [2.24, 2.45) is 0 Å². The molecule has 0 saturated carbocycles. The number of benzene rings is 1. The smallest absolute Gasteiger partial charge is 0.295 e. The third kappa shape index (κ3) is 2.77. The maximum Gasteiger partial charge on any atom is 0.295 e. The molecule has 0 amide bonds. The van der Waals surface area contributed by atoms with Gasteiger partial charge < -0.3 is 15.1 Å². The summed E-state index contributed by atoms with van der Waals surface area (Å²) < 4.78 is 5.49. The van der Waals surface area contributed by atoms with E-state index >= 15 is 0 Å². The van der Waals surface area contributed by atoms with E-state index in [2.05, 4.69) is 15.6 Å². The zero-order valence-electron chi connectivity index (χ0n) is 9.96. The molecule has 7 nitrogen and oxygen atoms in total. The Balaban J connectivity index is 0.00000133. The molecule has 1 aliphatic rings. The van der Waals surface area contributed by atoms with Crippen LogP contribution in [-0.2, 0) is 0 Å². The molecule has 0 bridgehead atoms.